The van der Waals surface area contributed by atoms with Gasteiger partial charge in [0.1, 0.15) is 0 Å². The van der Waals surface area contributed by atoms with Gasteiger partial charge in [-0.15, -0.1) is 0 Å². The molecule has 36 heavy (non-hydrogen) atoms. The summed E-state index contributed by atoms with van der Waals surface area (Å²) in [7, 11) is 0. The zero-order valence-corrected chi connectivity index (χ0v) is 24.4. The van der Waals surface area contributed by atoms with Crippen molar-refractivity contribution < 1.29 is 19.1 Å². The van der Waals surface area contributed by atoms with E-state index in [1.165, 1.54) is 11.8 Å². The largest absolute Gasteiger partial charge is 0.490 e. The van der Waals surface area contributed by atoms with Gasteiger partial charge in [0.25, 0.3) is 11.8 Å². The number of aryl methyl sites for hydroxylation is 1. The Balaban J connectivity index is 1.81. The molecule has 0 radical (unpaired) electrons. The van der Waals surface area contributed by atoms with Crippen molar-refractivity contribution in [1.82, 2.24) is 4.90 Å². The third-order valence-corrected chi connectivity index (χ3v) is 6.83. The molecule has 192 valence electrons. The summed E-state index contributed by atoms with van der Waals surface area (Å²) in [5.41, 5.74) is 2.64. The highest BCUT2D eigenvalue weighted by atomic mass is 127. The first-order valence-electron chi connectivity index (χ1n) is 11.9. The SMILES string of the molecule is CCOc1cc(/C=C2/SC(=NC(C)C)N(C(C)C)C2=O)cc(I)c1OCC(=O)Nc1ccc(C)cc1. The van der Waals surface area contributed by atoms with Crippen molar-refractivity contribution >= 4 is 63.1 Å². The second-order valence-corrected chi connectivity index (χ2v) is 11.0. The van der Waals surface area contributed by atoms with E-state index in [2.05, 4.69) is 32.9 Å². The van der Waals surface area contributed by atoms with Crippen LogP contribution in [0.4, 0.5) is 5.69 Å². The van der Waals surface area contributed by atoms with Crippen LogP contribution in [0.25, 0.3) is 6.08 Å². The summed E-state index contributed by atoms with van der Waals surface area (Å²) < 4.78 is 12.5. The summed E-state index contributed by atoms with van der Waals surface area (Å²) >= 11 is 3.54. The number of thioether (sulfide) groups is 1. The highest BCUT2D eigenvalue weighted by Gasteiger charge is 2.35. The van der Waals surface area contributed by atoms with Gasteiger partial charge in [0.15, 0.2) is 23.3 Å². The van der Waals surface area contributed by atoms with E-state index in [0.717, 1.165) is 19.9 Å². The molecular weight excluding hydrogens is 589 g/mol. The van der Waals surface area contributed by atoms with E-state index < -0.39 is 0 Å². The number of ether oxygens (including phenoxy) is 2. The minimum atomic E-state index is -0.262. The van der Waals surface area contributed by atoms with Crippen LogP contribution in [0, 0.1) is 10.5 Å². The smallest absolute Gasteiger partial charge is 0.266 e. The number of hydrogen-bond donors (Lipinski definition) is 1. The van der Waals surface area contributed by atoms with Crippen molar-refractivity contribution in [2.75, 3.05) is 18.5 Å². The average molecular weight is 622 g/mol. The number of nitrogens with zero attached hydrogens (tertiary/aromatic N) is 2. The van der Waals surface area contributed by atoms with Crippen LogP contribution in [0.3, 0.4) is 0 Å². The third kappa shape index (κ3) is 7.25. The van der Waals surface area contributed by atoms with E-state index in [9.17, 15) is 9.59 Å². The van der Waals surface area contributed by atoms with E-state index in [4.69, 9.17) is 9.47 Å². The molecule has 1 N–H and O–H groups in total. The Morgan fingerprint density at radius 1 is 1.17 bits per heavy atom. The van der Waals surface area contributed by atoms with Crippen LogP contribution < -0.4 is 14.8 Å². The number of nitrogens with one attached hydrogen (secondary N) is 1. The molecule has 0 spiro atoms. The van der Waals surface area contributed by atoms with Gasteiger partial charge < -0.3 is 14.8 Å². The van der Waals surface area contributed by atoms with Crippen LogP contribution in [0.2, 0.25) is 0 Å². The van der Waals surface area contributed by atoms with Crippen molar-refractivity contribution in [3.63, 3.8) is 0 Å². The summed E-state index contributed by atoms with van der Waals surface area (Å²) in [6.07, 6.45) is 1.85. The Bertz CT molecular complexity index is 1180. The third-order valence-electron chi connectivity index (χ3n) is 5.03. The number of rotatable bonds is 9. The first-order chi connectivity index (χ1) is 17.1. The van der Waals surface area contributed by atoms with E-state index >= 15 is 0 Å². The van der Waals surface area contributed by atoms with Crippen molar-refractivity contribution in [2.24, 2.45) is 4.99 Å². The summed E-state index contributed by atoms with van der Waals surface area (Å²) in [6.45, 7) is 12.1. The minimum absolute atomic E-state index is 0.00866. The second-order valence-electron chi connectivity index (χ2n) is 8.85. The quantitative estimate of drug-likeness (QED) is 0.270. The molecule has 0 atom stereocenters. The predicted molar refractivity (Wildman–Crippen MR) is 156 cm³/mol. The zero-order valence-electron chi connectivity index (χ0n) is 21.4. The Morgan fingerprint density at radius 3 is 2.47 bits per heavy atom. The van der Waals surface area contributed by atoms with Gasteiger partial charge in [-0.25, -0.2) is 0 Å². The van der Waals surface area contributed by atoms with Gasteiger partial charge in [-0.3, -0.25) is 19.5 Å². The lowest BCUT2D eigenvalue weighted by Gasteiger charge is -2.20. The zero-order chi connectivity index (χ0) is 26.4. The van der Waals surface area contributed by atoms with Crippen molar-refractivity contribution in [3.05, 3.63) is 56.0 Å². The predicted octanol–water partition coefficient (Wildman–Crippen LogP) is 6.10. The fourth-order valence-corrected chi connectivity index (χ4v) is 5.46. The molecule has 0 aliphatic carbocycles. The number of anilines is 1. The number of carbonyl (C=O) groups is 2. The molecule has 1 aliphatic rings. The van der Waals surface area contributed by atoms with E-state index in [1.807, 2.05) is 84.0 Å². The summed E-state index contributed by atoms with van der Waals surface area (Å²) in [4.78, 5) is 32.5. The second kappa shape index (κ2) is 12.6. The number of carbonyl (C=O) groups excluding carboxylic acids is 2. The maximum Gasteiger partial charge on any atom is 0.266 e. The highest BCUT2D eigenvalue weighted by Crippen LogP contribution is 2.38. The van der Waals surface area contributed by atoms with Gasteiger partial charge in [0.2, 0.25) is 0 Å². The van der Waals surface area contributed by atoms with Crippen LogP contribution in [0.15, 0.2) is 46.3 Å². The number of halogens is 1. The van der Waals surface area contributed by atoms with E-state index in [0.29, 0.717) is 28.7 Å². The Labute approximate surface area is 230 Å². The molecule has 0 saturated carbocycles. The lowest BCUT2D eigenvalue weighted by Crippen LogP contribution is -2.35. The van der Waals surface area contributed by atoms with E-state index in [-0.39, 0.29) is 30.5 Å². The average Bonchev–Trinajstić information content (AvgIpc) is 3.09. The van der Waals surface area contributed by atoms with Gasteiger partial charge in [-0.2, -0.15) is 0 Å². The topological polar surface area (TPSA) is 80.2 Å². The van der Waals surface area contributed by atoms with Gasteiger partial charge in [-0.1, -0.05) is 17.7 Å². The van der Waals surface area contributed by atoms with Crippen molar-refractivity contribution in [1.29, 1.82) is 0 Å². The molecule has 7 nitrogen and oxygen atoms in total. The van der Waals surface area contributed by atoms with Gasteiger partial charge >= 0.3 is 0 Å². The molecular formula is C27H32IN3O4S. The normalized spacial score (nSPS) is 15.9. The standard InChI is InChI=1S/C27H32IN3O4S/c1-7-34-22-13-19(14-23-26(33)31(17(4)5)27(36-23)29-16(2)3)12-21(28)25(22)35-15-24(32)30-20-10-8-18(6)9-11-20/h8-14,16-17H,7,15H2,1-6H3,(H,30,32)/b23-14+,29-27?. The molecule has 2 aromatic rings. The van der Waals surface area contributed by atoms with Crippen LogP contribution in [-0.4, -0.2) is 47.2 Å². The molecule has 0 bridgehead atoms. The van der Waals surface area contributed by atoms with Crippen LogP contribution >= 0.6 is 34.4 Å². The van der Waals surface area contributed by atoms with Gasteiger partial charge in [0, 0.05) is 17.8 Å². The monoisotopic (exact) mass is 621 g/mol. The maximum atomic E-state index is 13.1. The number of benzene rings is 2. The number of amides is 2. The number of hydrogen-bond acceptors (Lipinski definition) is 6. The van der Waals surface area contributed by atoms with Gasteiger partial charge in [-0.05, 0) is 112 Å². The Hall–Kier alpha value is -2.53. The summed E-state index contributed by atoms with van der Waals surface area (Å²) in [5, 5.41) is 3.55. The van der Waals surface area contributed by atoms with Crippen LogP contribution in [0.5, 0.6) is 11.5 Å². The molecule has 1 fully saturated rings. The molecule has 1 aliphatic heterocycles. The first kappa shape index (κ1) is 28.0. The van der Waals surface area contributed by atoms with E-state index in [1.54, 1.807) is 4.90 Å². The Morgan fingerprint density at radius 2 is 1.86 bits per heavy atom. The minimum Gasteiger partial charge on any atom is -0.490 e. The van der Waals surface area contributed by atoms with Gasteiger partial charge in [0.05, 0.1) is 15.1 Å². The van der Waals surface area contributed by atoms with Crippen LogP contribution in [0.1, 0.15) is 45.7 Å². The molecule has 9 heteroatoms. The lowest BCUT2D eigenvalue weighted by molar-refractivity contribution is -0.123. The Kier molecular flexibility index (Phi) is 9.84. The molecule has 2 amide bonds. The van der Waals surface area contributed by atoms with Crippen molar-refractivity contribution in [2.45, 2.75) is 53.6 Å². The fraction of sp³-hybridized carbons (Fsp3) is 0.370. The molecule has 2 aromatic carbocycles. The maximum absolute atomic E-state index is 13.1. The number of amidine groups is 1. The van der Waals surface area contributed by atoms with Crippen molar-refractivity contribution in [3.8, 4) is 11.5 Å². The fourth-order valence-electron chi connectivity index (χ4n) is 3.45. The first-order valence-corrected chi connectivity index (χ1v) is 13.7. The molecule has 0 unspecified atom stereocenters. The molecule has 1 heterocycles. The molecule has 3 rings (SSSR count). The lowest BCUT2D eigenvalue weighted by atomic mass is 10.1. The van der Waals surface area contributed by atoms with Crippen LogP contribution in [-0.2, 0) is 9.59 Å². The molecule has 0 aromatic heterocycles. The summed E-state index contributed by atoms with van der Waals surface area (Å²) in [5.74, 6) is 0.694. The highest BCUT2D eigenvalue weighted by molar-refractivity contribution is 14.1. The molecule has 1 saturated heterocycles. The number of aliphatic imine (C=N–C) groups is 1. The summed E-state index contributed by atoms with van der Waals surface area (Å²) in [6, 6.07) is 11.4.